The minimum absolute atomic E-state index is 0. The van der Waals surface area contributed by atoms with Crippen molar-refractivity contribution in [2.45, 2.75) is 38.6 Å². The van der Waals surface area contributed by atoms with Gasteiger partial charge in [-0.15, -0.1) is 12.4 Å². The standard InChI is InChI=1S/C26H31N3O3.ClH/c30-24(28-18-16-27(17-19-28)20-21-10-4-3-5-11-21)14-6-1-2-9-15-29-25(31)22-12-7-8-13-23(22)26(29)32;/h3-5,7-8,10-13H,1-2,6,9,14-20H2;1H. The average molecular weight is 470 g/mol. The lowest BCUT2D eigenvalue weighted by Crippen LogP contribution is -2.48. The van der Waals surface area contributed by atoms with Crippen LogP contribution in [0, 0.1) is 0 Å². The maximum absolute atomic E-state index is 12.5. The van der Waals surface area contributed by atoms with Crippen LogP contribution in [0.5, 0.6) is 0 Å². The predicted molar refractivity (Wildman–Crippen MR) is 130 cm³/mol. The summed E-state index contributed by atoms with van der Waals surface area (Å²) >= 11 is 0. The number of rotatable bonds is 9. The third-order valence-corrected chi connectivity index (χ3v) is 6.37. The fourth-order valence-corrected chi connectivity index (χ4v) is 4.50. The molecule has 176 valence electrons. The van der Waals surface area contributed by atoms with E-state index in [4.69, 9.17) is 0 Å². The first-order valence-corrected chi connectivity index (χ1v) is 11.6. The van der Waals surface area contributed by atoms with Gasteiger partial charge in [0.2, 0.25) is 5.91 Å². The van der Waals surface area contributed by atoms with Gasteiger partial charge in [-0.2, -0.15) is 0 Å². The maximum Gasteiger partial charge on any atom is 0.261 e. The first kappa shape index (κ1) is 24.9. The number of piperazine rings is 1. The van der Waals surface area contributed by atoms with Crippen LogP contribution < -0.4 is 0 Å². The van der Waals surface area contributed by atoms with Crippen LogP contribution in [0.1, 0.15) is 58.4 Å². The highest BCUT2D eigenvalue weighted by Gasteiger charge is 2.34. The lowest BCUT2D eigenvalue weighted by atomic mass is 10.1. The van der Waals surface area contributed by atoms with Crippen LogP contribution >= 0.6 is 12.4 Å². The Labute approximate surface area is 202 Å². The number of nitrogens with zero attached hydrogens (tertiary/aromatic N) is 3. The lowest BCUT2D eigenvalue weighted by molar-refractivity contribution is -0.133. The second-order valence-corrected chi connectivity index (χ2v) is 8.61. The number of amides is 3. The molecule has 2 aliphatic rings. The molecule has 4 rings (SSSR count). The normalized spacial score (nSPS) is 16.0. The van der Waals surface area contributed by atoms with E-state index in [0.29, 0.717) is 24.1 Å². The molecule has 2 aromatic rings. The van der Waals surface area contributed by atoms with Crippen molar-refractivity contribution in [1.29, 1.82) is 0 Å². The molecule has 33 heavy (non-hydrogen) atoms. The largest absolute Gasteiger partial charge is 0.340 e. The van der Waals surface area contributed by atoms with E-state index in [0.717, 1.165) is 58.4 Å². The Kier molecular flexibility index (Phi) is 9.03. The van der Waals surface area contributed by atoms with E-state index in [9.17, 15) is 14.4 Å². The summed E-state index contributed by atoms with van der Waals surface area (Å²) in [5, 5.41) is 0. The maximum atomic E-state index is 12.5. The molecule has 0 aromatic heterocycles. The first-order chi connectivity index (χ1) is 15.6. The molecule has 1 fully saturated rings. The quantitative estimate of drug-likeness (QED) is 0.411. The molecule has 0 bridgehead atoms. The van der Waals surface area contributed by atoms with Crippen LogP contribution in [-0.4, -0.2) is 65.1 Å². The molecule has 2 heterocycles. The van der Waals surface area contributed by atoms with Crippen LogP contribution in [0.25, 0.3) is 0 Å². The minimum Gasteiger partial charge on any atom is -0.340 e. The Bertz CT molecular complexity index is 923. The average Bonchev–Trinajstić information content (AvgIpc) is 3.07. The van der Waals surface area contributed by atoms with Gasteiger partial charge in [0, 0.05) is 45.7 Å². The smallest absolute Gasteiger partial charge is 0.261 e. The molecule has 0 aliphatic carbocycles. The number of hydrogen-bond donors (Lipinski definition) is 0. The number of unbranched alkanes of at least 4 members (excludes halogenated alkanes) is 3. The zero-order valence-electron chi connectivity index (χ0n) is 18.9. The highest BCUT2D eigenvalue weighted by molar-refractivity contribution is 6.21. The number of benzene rings is 2. The Balaban J connectivity index is 0.00000306. The van der Waals surface area contributed by atoms with Crippen LogP contribution in [0.4, 0.5) is 0 Å². The third kappa shape index (κ3) is 6.21. The van der Waals surface area contributed by atoms with Gasteiger partial charge in [0.05, 0.1) is 11.1 Å². The van der Waals surface area contributed by atoms with Crippen molar-refractivity contribution in [2.75, 3.05) is 32.7 Å². The zero-order valence-corrected chi connectivity index (χ0v) is 19.8. The van der Waals surface area contributed by atoms with Crippen LogP contribution in [-0.2, 0) is 11.3 Å². The van der Waals surface area contributed by atoms with Gasteiger partial charge in [0.15, 0.2) is 0 Å². The zero-order chi connectivity index (χ0) is 22.3. The summed E-state index contributed by atoms with van der Waals surface area (Å²) in [7, 11) is 0. The van der Waals surface area contributed by atoms with Gasteiger partial charge >= 0.3 is 0 Å². The van der Waals surface area contributed by atoms with Crippen molar-refractivity contribution < 1.29 is 14.4 Å². The molecule has 0 radical (unpaired) electrons. The summed E-state index contributed by atoms with van der Waals surface area (Å²) in [6, 6.07) is 17.4. The summed E-state index contributed by atoms with van der Waals surface area (Å²) < 4.78 is 0. The van der Waals surface area contributed by atoms with E-state index in [-0.39, 0.29) is 30.1 Å². The van der Waals surface area contributed by atoms with Gasteiger partial charge in [-0.3, -0.25) is 24.2 Å². The summed E-state index contributed by atoms with van der Waals surface area (Å²) in [6.07, 6.45) is 4.04. The molecule has 1 saturated heterocycles. The van der Waals surface area contributed by atoms with E-state index in [2.05, 4.69) is 29.2 Å². The number of carbonyl (C=O) groups is 3. The number of hydrogen-bond acceptors (Lipinski definition) is 4. The van der Waals surface area contributed by atoms with Crippen molar-refractivity contribution in [1.82, 2.24) is 14.7 Å². The lowest BCUT2D eigenvalue weighted by Gasteiger charge is -2.34. The SMILES string of the molecule is Cl.O=C(CCCCCCN1C(=O)c2ccccc2C1=O)N1CCN(Cc2ccccc2)CC1. The number of imide groups is 1. The van der Waals surface area contributed by atoms with Gasteiger partial charge < -0.3 is 4.90 Å². The molecule has 0 saturated carbocycles. The van der Waals surface area contributed by atoms with E-state index < -0.39 is 0 Å². The molecule has 2 aliphatic heterocycles. The van der Waals surface area contributed by atoms with Crippen molar-refractivity contribution in [3.63, 3.8) is 0 Å². The van der Waals surface area contributed by atoms with Gasteiger partial charge in [0.25, 0.3) is 11.8 Å². The summed E-state index contributed by atoms with van der Waals surface area (Å²) in [5.41, 5.74) is 2.33. The van der Waals surface area contributed by atoms with Crippen molar-refractivity contribution in [2.24, 2.45) is 0 Å². The summed E-state index contributed by atoms with van der Waals surface area (Å²) in [5.74, 6) is -0.135. The number of halogens is 1. The van der Waals surface area contributed by atoms with E-state index >= 15 is 0 Å². The second-order valence-electron chi connectivity index (χ2n) is 8.61. The Hall–Kier alpha value is -2.70. The number of carbonyl (C=O) groups excluding carboxylic acids is 3. The van der Waals surface area contributed by atoms with Crippen molar-refractivity contribution >= 4 is 30.1 Å². The van der Waals surface area contributed by atoms with Gasteiger partial charge in [-0.1, -0.05) is 55.3 Å². The molecular weight excluding hydrogens is 438 g/mol. The molecular formula is C26H32ClN3O3. The van der Waals surface area contributed by atoms with Gasteiger partial charge in [-0.25, -0.2) is 0 Å². The fourth-order valence-electron chi connectivity index (χ4n) is 4.50. The first-order valence-electron chi connectivity index (χ1n) is 11.6. The third-order valence-electron chi connectivity index (χ3n) is 6.37. The van der Waals surface area contributed by atoms with E-state index in [1.165, 1.54) is 10.5 Å². The molecule has 7 heteroatoms. The van der Waals surface area contributed by atoms with Crippen molar-refractivity contribution in [3.8, 4) is 0 Å². The highest BCUT2D eigenvalue weighted by Crippen LogP contribution is 2.23. The topological polar surface area (TPSA) is 60.9 Å². The molecule has 3 amide bonds. The highest BCUT2D eigenvalue weighted by atomic mass is 35.5. The Morgan fingerprint density at radius 2 is 1.30 bits per heavy atom. The summed E-state index contributed by atoms with van der Waals surface area (Å²) in [6.45, 7) is 4.82. The Morgan fingerprint density at radius 1 is 0.727 bits per heavy atom. The van der Waals surface area contributed by atoms with E-state index in [1.54, 1.807) is 24.3 Å². The van der Waals surface area contributed by atoms with Crippen LogP contribution in [0.15, 0.2) is 54.6 Å². The van der Waals surface area contributed by atoms with E-state index in [1.807, 2.05) is 11.0 Å². The van der Waals surface area contributed by atoms with Crippen molar-refractivity contribution in [3.05, 3.63) is 71.3 Å². The molecule has 0 N–H and O–H groups in total. The molecule has 2 aromatic carbocycles. The Morgan fingerprint density at radius 3 is 1.94 bits per heavy atom. The molecule has 0 unspecified atom stereocenters. The van der Waals surface area contributed by atoms with Gasteiger partial charge in [-0.05, 0) is 30.5 Å². The van der Waals surface area contributed by atoms with Gasteiger partial charge in [0.1, 0.15) is 0 Å². The number of fused-ring (bicyclic) bond motifs is 1. The summed E-state index contributed by atoms with van der Waals surface area (Å²) in [4.78, 5) is 43.0. The molecule has 6 nitrogen and oxygen atoms in total. The molecule has 0 atom stereocenters. The molecule has 0 spiro atoms. The van der Waals surface area contributed by atoms with Crippen LogP contribution in [0.2, 0.25) is 0 Å². The minimum atomic E-state index is -0.188. The second kappa shape index (κ2) is 12.0. The van der Waals surface area contributed by atoms with Crippen LogP contribution in [0.3, 0.4) is 0 Å². The predicted octanol–water partition coefficient (Wildman–Crippen LogP) is 4.00. The fraction of sp³-hybridized carbons (Fsp3) is 0.423. The monoisotopic (exact) mass is 469 g/mol.